The van der Waals surface area contributed by atoms with Crippen molar-refractivity contribution in [2.75, 3.05) is 0 Å². The number of aromatic amines is 1. The van der Waals surface area contributed by atoms with Gasteiger partial charge in [-0.2, -0.15) is 0 Å². The van der Waals surface area contributed by atoms with E-state index >= 15 is 0 Å². The van der Waals surface area contributed by atoms with Gasteiger partial charge < -0.3 is 4.74 Å². The Morgan fingerprint density at radius 2 is 1.68 bits per heavy atom. The molecule has 2 aromatic heterocycles. The number of ketones is 1. The van der Waals surface area contributed by atoms with Gasteiger partial charge in [0.15, 0.2) is 0 Å². The highest BCUT2D eigenvalue weighted by atomic mass is 16.5. The van der Waals surface area contributed by atoms with Gasteiger partial charge >= 0.3 is 11.7 Å². The third-order valence-corrected chi connectivity index (χ3v) is 5.34. The fraction of sp³-hybridized carbons (Fsp3) is 0.346. The largest absolute Gasteiger partial charge is 0.459 e. The lowest BCUT2D eigenvalue weighted by molar-refractivity contribution is -0.142. The fourth-order valence-corrected chi connectivity index (χ4v) is 4.10. The van der Waals surface area contributed by atoms with Crippen molar-refractivity contribution in [1.82, 2.24) is 14.5 Å². The number of pyridine rings is 1. The van der Waals surface area contributed by atoms with Crippen molar-refractivity contribution in [3.05, 3.63) is 96.1 Å². The zero-order valence-electron chi connectivity index (χ0n) is 20.3. The highest BCUT2D eigenvalue weighted by molar-refractivity contribution is 6.09. The Balaban J connectivity index is 2.19. The molecule has 0 bridgehead atoms. The van der Waals surface area contributed by atoms with Crippen LogP contribution in [-0.4, -0.2) is 26.3 Å². The lowest BCUT2D eigenvalue weighted by atomic mass is 9.95. The number of benzene rings is 1. The first kappa shape index (κ1) is 24.8. The fourth-order valence-electron chi connectivity index (χ4n) is 4.10. The van der Waals surface area contributed by atoms with Crippen LogP contribution in [0.15, 0.2) is 39.9 Å². The van der Waals surface area contributed by atoms with Gasteiger partial charge in [0.05, 0.1) is 12.2 Å². The van der Waals surface area contributed by atoms with Gasteiger partial charge in [-0.1, -0.05) is 31.0 Å². The molecule has 178 valence electrons. The van der Waals surface area contributed by atoms with E-state index in [0.717, 1.165) is 11.1 Å². The average molecular weight is 464 g/mol. The molecule has 0 aliphatic heterocycles. The van der Waals surface area contributed by atoms with Crippen LogP contribution in [0.3, 0.4) is 0 Å². The summed E-state index contributed by atoms with van der Waals surface area (Å²) in [5.41, 5.74) is 3.22. The number of H-pyrrole nitrogens is 1. The van der Waals surface area contributed by atoms with Crippen LogP contribution in [-0.2, 0) is 22.7 Å². The summed E-state index contributed by atoms with van der Waals surface area (Å²) in [5.74, 6) is -1.10. The Hall–Kier alpha value is -3.81. The minimum Gasteiger partial charge on any atom is -0.459 e. The minimum absolute atomic E-state index is 0.00383. The van der Waals surface area contributed by atoms with Crippen molar-refractivity contribution in [2.45, 2.75) is 60.6 Å². The predicted molar refractivity (Wildman–Crippen MR) is 128 cm³/mol. The van der Waals surface area contributed by atoms with E-state index in [1.807, 2.05) is 33.8 Å². The summed E-state index contributed by atoms with van der Waals surface area (Å²) in [5, 5.41) is 0. The van der Waals surface area contributed by atoms with E-state index in [2.05, 4.69) is 9.97 Å². The quantitative estimate of drug-likeness (QED) is 0.425. The van der Waals surface area contributed by atoms with Gasteiger partial charge in [-0.15, -0.1) is 0 Å². The standard InChI is InChI=1S/C26H29N3O5/c1-14(2)22-23(24(31)20-8-15(3)7-16(4)9-20)29(26(33)28-25(22)32)12-19-10-17(5)27-21(11-19)13-34-18(6)30/h7-11,14H,12-13H2,1-6H3,(H,28,32,33). The number of ether oxygens (including phenoxy) is 1. The van der Waals surface area contributed by atoms with Crippen LogP contribution in [0, 0.1) is 20.8 Å². The molecule has 34 heavy (non-hydrogen) atoms. The van der Waals surface area contributed by atoms with E-state index in [1.165, 1.54) is 11.5 Å². The van der Waals surface area contributed by atoms with E-state index in [4.69, 9.17) is 4.74 Å². The van der Waals surface area contributed by atoms with Gasteiger partial charge in [0.1, 0.15) is 12.3 Å². The van der Waals surface area contributed by atoms with Gasteiger partial charge in [0, 0.05) is 23.7 Å². The van der Waals surface area contributed by atoms with Crippen molar-refractivity contribution in [2.24, 2.45) is 0 Å². The monoisotopic (exact) mass is 463 g/mol. The SMILES string of the molecule is CC(=O)OCc1cc(Cn2c(C(=O)c3cc(C)cc(C)c3)c(C(C)C)c(=O)[nH]c2=O)cc(C)n1. The Morgan fingerprint density at radius 3 is 2.26 bits per heavy atom. The number of carbonyl (C=O) groups excluding carboxylic acids is 2. The Labute approximate surface area is 197 Å². The number of nitrogens with one attached hydrogen (secondary N) is 1. The smallest absolute Gasteiger partial charge is 0.329 e. The van der Waals surface area contributed by atoms with Crippen molar-refractivity contribution in [1.29, 1.82) is 0 Å². The zero-order chi connectivity index (χ0) is 25.2. The van der Waals surface area contributed by atoms with E-state index in [0.29, 0.717) is 22.5 Å². The van der Waals surface area contributed by atoms with E-state index in [-0.39, 0.29) is 36.1 Å². The Morgan fingerprint density at radius 1 is 1.03 bits per heavy atom. The maximum Gasteiger partial charge on any atom is 0.329 e. The number of rotatable bonds is 7. The topological polar surface area (TPSA) is 111 Å². The molecule has 3 aromatic rings. The molecular formula is C26H29N3O5. The maximum atomic E-state index is 13.7. The van der Waals surface area contributed by atoms with E-state index in [1.54, 1.807) is 31.2 Å². The number of hydrogen-bond donors (Lipinski definition) is 1. The molecule has 1 N–H and O–H groups in total. The molecule has 0 radical (unpaired) electrons. The molecule has 0 saturated carbocycles. The van der Waals surface area contributed by atoms with Crippen LogP contribution in [0.25, 0.3) is 0 Å². The van der Waals surface area contributed by atoms with E-state index < -0.39 is 17.2 Å². The second kappa shape index (κ2) is 9.99. The van der Waals surface area contributed by atoms with Gasteiger partial charge in [-0.3, -0.25) is 28.9 Å². The molecule has 0 aliphatic rings. The van der Waals surface area contributed by atoms with Crippen LogP contribution < -0.4 is 11.2 Å². The van der Waals surface area contributed by atoms with Crippen molar-refractivity contribution in [3.63, 3.8) is 0 Å². The summed E-state index contributed by atoms with van der Waals surface area (Å²) in [6.07, 6.45) is 0. The highest BCUT2D eigenvalue weighted by Crippen LogP contribution is 2.21. The van der Waals surface area contributed by atoms with Gasteiger partial charge in [0.2, 0.25) is 5.78 Å². The maximum absolute atomic E-state index is 13.7. The second-order valence-corrected chi connectivity index (χ2v) is 8.86. The normalized spacial score (nSPS) is 11.0. The van der Waals surface area contributed by atoms with Gasteiger partial charge in [0.25, 0.3) is 5.56 Å². The molecule has 0 unspecified atom stereocenters. The minimum atomic E-state index is -0.668. The molecule has 0 amide bonds. The summed E-state index contributed by atoms with van der Waals surface area (Å²) in [6, 6.07) is 8.96. The Bertz CT molecular complexity index is 1360. The van der Waals surface area contributed by atoms with Gasteiger partial charge in [-0.05, 0) is 56.5 Å². The number of nitrogens with zero attached hydrogens (tertiary/aromatic N) is 2. The third-order valence-electron chi connectivity index (χ3n) is 5.34. The highest BCUT2D eigenvalue weighted by Gasteiger charge is 2.25. The first-order chi connectivity index (χ1) is 16.0. The van der Waals surface area contributed by atoms with Crippen LogP contribution in [0.4, 0.5) is 0 Å². The molecule has 0 aliphatic carbocycles. The van der Waals surface area contributed by atoms with Crippen molar-refractivity contribution >= 4 is 11.8 Å². The first-order valence-electron chi connectivity index (χ1n) is 11.1. The number of esters is 1. The number of aromatic nitrogens is 3. The van der Waals surface area contributed by atoms with Crippen LogP contribution in [0.2, 0.25) is 0 Å². The Kier molecular flexibility index (Phi) is 7.29. The number of aryl methyl sites for hydroxylation is 3. The van der Waals surface area contributed by atoms with Crippen LogP contribution in [0.5, 0.6) is 0 Å². The third kappa shape index (κ3) is 5.57. The molecule has 2 heterocycles. The molecule has 1 aromatic carbocycles. The number of hydrogen-bond acceptors (Lipinski definition) is 6. The first-order valence-corrected chi connectivity index (χ1v) is 11.1. The summed E-state index contributed by atoms with van der Waals surface area (Å²) < 4.78 is 6.36. The summed E-state index contributed by atoms with van der Waals surface area (Å²) in [7, 11) is 0. The van der Waals surface area contributed by atoms with Crippen LogP contribution >= 0.6 is 0 Å². The molecule has 0 atom stereocenters. The van der Waals surface area contributed by atoms with E-state index in [9.17, 15) is 19.2 Å². The predicted octanol–water partition coefficient (Wildman–Crippen LogP) is 3.32. The lowest BCUT2D eigenvalue weighted by Crippen LogP contribution is -2.38. The van der Waals surface area contributed by atoms with Crippen molar-refractivity contribution in [3.8, 4) is 0 Å². The summed E-state index contributed by atoms with van der Waals surface area (Å²) in [6.45, 7) is 10.5. The lowest BCUT2D eigenvalue weighted by Gasteiger charge is -2.18. The van der Waals surface area contributed by atoms with Gasteiger partial charge in [-0.25, -0.2) is 4.79 Å². The molecule has 0 saturated heterocycles. The van der Waals surface area contributed by atoms with Crippen LogP contribution in [0.1, 0.15) is 76.4 Å². The summed E-state index contributed by atoms with van der Waals surface area (Å²) >= 11 is 0. The number of carbonyl (C=O) groups is 2. The summed E-state index contributed by atoms with van der Waals surface area (Å²) in [4.78, 5) is 57.4. The van der Waals surface area contributed by atoms with Crippen molar-refractivity contribution < 1.29 is 14.3 Å². The molecule has 0 spiro atoms. The molecule has 0 fully saturated rings. The average Bonchev–Trinajstić information content (AvgIpc) is 2.72. The molecule has 3 rings (SSSR count). The zero-order valence-corrected chi connectivity index (χ0v) is 20.3. The second-order valence-electron chi connectivity index (χ2n) is 8.86. The molecular weight excluding hydrogens is 434 g/mol. The molecule has 8 heteroatoms. The molecule has 8 nitrogen and oxygen atoms in total.